The fraction of sp³-hybridized carbons (Fsp3) is 0.316. The zero-order valence-electron chi connectivity index (χ0n) is 26.6. The fourth-order valence-corrected chi connectivity index (χ4v) is 8.59. The predicted octanol–water partition coefficient (Wildman–Crippen LogP) is 8.18. The average Bonchev–Trinajstić information content (AvgIpc) is 3.74. The summed E-state index contributed by atoms with van der Waals surface area (Å²) in [7, 11) is 1.70. The van der Waals surface area contributed by atoms with Crippen molar-refractivity contribution < 1.29 is 19.4 Å². The summed E-state index contributed by atoms with van der Waals surface area (Å²) < 4.78 is 14.9. The third kappa shape index (κ3) is 5.13. The molecule has 4 heterocycles. The molecule has 0 bridgehead atoms. The first-order valence-corrected chi connectivity index (χ1v) is 17.3. The van der Waals surface area contributed by atoms with Crippen LogP contribution < -0.4 is 15.2 Å². The Balaban J connectivity index is 1.42. The lowest BCUT2D eigenvalue weighted by Gasteiger charge is -2.26. The van der Waals surface area contributed by atoms with Gasteiger partial charge in [0.05, 0.1) is 30.1 Å². The van der Waals surface area contributed by atoms with Crippen LogP contribution in [-0.2, 0) is 13.0 Å². The van der Waals surface area contributed by atoms with E-state index in [9.17, 15) is 9.90 Å². The summed E-state index contributed by atoms with van der Waals surface area (Å²) in [6, 6.07) is 15.5. The SMILES string of the molecule is COc1cc2c(c([C@H](Cc3c[nH]c4ccc(O)cc34)c3csc(C)n3)c1)-c1c(C3CCCCC3)c3ccc(C(N)=O)cc3n1CCO2. The molecule has 4 N–H and O–H groups in total. The Kier molecular flexibility index (Phi) is 7.44. The highest BCUT2D eigenvalue weighted by Crippen LogP contribution is 2.51. The number of rotatable bonds is 7. The van der Waals surface area contributed by atoms with Crippen molar-refractivity contribution in [3.8, 4) is 28.5 Å². The fourth-order valence-electron chi connectivity index (χ4n) is 7.92. The van der Waals surface area contributed by atoms with Crippen LogP contribution in [0.25, 0.3) is 33.1 Å². The monoisotopic (exact) mass is 646 g/mol. The molecule has 0 saturated heterocycles. The van der Waals surface area contributed by atoms with Crippen LogP contribution in [-0.4, -0.2) is 39.3 Å². The smallest absolute Gasteiger partial charge is 0.248 e. The Morgan fingerprint density at radius 2 is 2.00 bits per heavy atom. The normalized spacial score (nSPS) is 15.6. The third-order valence-corrected chi connectivity index (χ3v) is 10.9. The molecule has 1 aliphatic carbocycles. The molecule has 0 unspecified atom stereocenters. The van der Waals surface area contributed by atoms with Crippen molar-refractivity contribution in [1.82, 2.24) is 14.5 Å². The van der Waals surface area contributed by atoms with Crippen LogP contribution in [0.2, 0.25) is 0 Å². The van der Waals surface area contributed by atoms with Crippen molar-refractivity contribution in [3.63, 3.8) is 0 Å². The molecule has 1 aliphatic heterocycles. The summed E-state index contributed by atoms with van der Waals surface area (Å²) in [5, 5.41) is 15.7. The van der Waals surface area contributed by atoms with Crippen molar-refractivity contribution in [2.45, 2.75) is 63.8 Å². The topological polar surface area (TPSA) is 115 Å². The standard InChI is InChI=1S/C38H38N4O4S/c1-21-41-32(20-47-21)29(14-24-19-40-31-11-9-25(43)16-28(24)31)30-17-26(45-2)18-34-36(30)37-35(22-6-4-3-5-7-22)27-10-8-23(38(39)44)15-33(27)42(37)12-13-46-34/h8-11,15-20,22,29,40,43H,3-7,12-14H2,1-2H3,(H2,39,44)/t29-/m0/s1. The minimum Gasteiger partial charge on any atom is -0.508 e. The Labute approximate surface area is 277 Å². The summed E-state index contributed by atoms with van der Waals surface area (Å²) >= 11 is 1.65. The molecule has 6 aromatic rings. The minimum absolute atomic E-state index is 0.140. The van der Waals surface area contributed by atoms with Gasteiger partial charge in [0.15, 0.2) is 0 Å². The molecule has 1 fully saturated rings. The number of phenolic OH excluding ortho intramolecular Hbond substituents is 1. The molecular formula is C38H38N4O4S. The molecule has 240 valence electrons. The van der Waals surface area contributed by atoms with Gasteiger partial charge in [-0.25, -0.2) is 4.98 Å². The number of H-pyrrole nitrogens is 1. The number of primary amides is 1. The van der Waals surface area contributed by atoms with E-state index in [-0.39, 0.29) is 11.7 Å². The molecule has 8 rings (SSSR count). The molecule has 0 radical (unpaired) electrons. The van der Waals surface area contributed by atoms with Gasteiger partial charge < -0.3 is 29.9 Å². The Hall–Kier alpha value is -4.76. The molecule has 1 amide bonds. The van der Waals surface area contributed by atoms with Gasteiger partial charge in [-0.1, -0.05) is 25.3 Å². The number of hydrogen-bond acceptors (Lipinski definition) is 6. The highest BCUT2D eigenvalue weighted by atomic mass is 32.1. The van der Waals surface area contributed by atoms with Crippen LogP contribution >= 0.6 is 11.3 Å². The maximum atomic E-state index is 12.4. The summed E-state index contributed by atoms with van der Waals surface area (Å²) in [5.41, 5.74) is 15.0. The number of aryl methyl sites for hydroxylation is 1. The molecule has 47 heavy (non-hydrogen) atoms. The number of benzene rings is 3. The van der Waals surface area contributed by atoms with E-state index in [4.69, 9.17) is 20.2 Å². The van der Waals surface area contributed by atoms with E-state index in [1.54, 1.807) is 24.5 Å². The highest BCUT2D eigenvalue weighted by molar-refractivity contribution is 7.09. The van der Waals surface area contributed by atoms with Gasteiger partial charge in [0, 0.05) is 56.5 Å². The lowest BCUT2D eigenvalue weighted by Crippen LogP contribution is -2.11. The van der Waals surface area contributed by atoms with Crippen LogP contribution in [0.4, 0.5) is 0 Å². The molecule has 0 spiro atoms. The number of ether oxygens (including phenoxy) is 2. The van der Waals surface area contributed by atoms with Gasteiger partial charge in [-0.15, -0.1) is 11.3 Å². The van der Waals surface area contributed by atoms with Gasteiger partial charge in [-0.3, -0.25) is 4.79 Å². The highest BCUT2D eigenvalue weighted by Gasteiger charge is 2.34. The zero-order valence-corrected chi connectivity index (χ0v) is 27.5. The van der Waals surface area contributed by atoms with Gasteiger partial charge in [-0.05, 0) is 85.2 Å². The van der Waals surface area contributed by atoms with Gasteiger partial charge >= 0.3 is 0 Å². The van der Waals surface area contributed by atoms with Crippen molar-refractivity contribution in [3.05, 3.63) is 93.1 Å². The Bertz CT molecular complexity index is 2150. The van der Waals surface area contributed by atoms with E-state index < -0.39 is 5.91 Å². The van der Waals surface area contributed by atoms with Crippen LogP contribution in [0, 0.1) is 6.92 Å². The molecule has 3 aromatic carbocycles. The number of aromatic amines is 1. The number of nitrogens with zero attached hydrogens (tertiary/aromatic N) is 2. The predicted molar refractivity (Wildman–Crippen MR) is 186 cm³/mol. The van der Waals surface area contributed by atoms with E-state index >= 15 is 0 Å². The molecule has 2 aliphatic rings. The number of hydrogen-bond donors (Lipinski definition) is 3. The lowest BCUT2D eigenvalue weighted by atomic mass is 9.79. The largest absolute Gasteiger partial charge is 0.508 e. The van der Waals surface area contributed by atoms with Crippen molar-refractivity contribution >= 4 is 39.0 Å². The number of thiazole rings is 1. The van der Waals surface area contributed by atoms with Crippen molar-refractivity contribution in [1.29, 1.82) is 0 Å². The molecule has 1 atom stereocenters. The van der Waals surface area contributed by atoms with Crippen LogP contribution in [0.3, 0.4) is 0 Å². The second kappa shape index (κ2) is 11.8. The number of nitrogens with one attached hydrogen (secondary N) is 1. The minimum atomic E-state index is -0.430. The van der Waals surface area contributed by atoms with Gasteiger partial charge in [-0.2, -0.15) is 0 Å². The van der Waals surface area contributed by atoms with Gasteiger partial charge in [0.2, 0.25) is 5.91 Å². The van der Waals surface area contributed by atoms with E-state index in [0.29, 0.717) is 31.1 Å². The van der Waals surface area contributed by atoms with Gasteiger partial charge in [0.25, 0.3) is 0 Å². The number of methoxy groups -OCH3 is 1. The summed E-state index contributed by atoms with van der Waals surface area (Å²) in [5.74, 6) is 1.58. The first kappa shape index (κ1) is 29.6. The number of phenols is 1. The Morgan fingerprint density at radius 1 is 1.15 bits per heavy atom. The molecule has 1 saturated carbocycles. The van der Waals surface area contributed by atoms with Crippen LogP contribution in [0.5, 0.6) is 17.2 Å². The van der Waals surface area contributed by atoms with Crippen LogP contribution in [0.15, 0.2) is 60.1 Å². The lowest BCUT2D eigenvalue weighted by molar-refractivity contribution is 0.100. The third-order valence-electron chi connectivity index (χ3n) is 10.1. The number of aromatic nitrogens is 3. The molecule has 9 heteroatoms. The van der Waals surface area contributed by atoms with Crippen LogP contribution in [0.1, 0.15) is 81.7 Å². The maximum absolute atomic E-state index is 12.4. The van der Waals surface area contributed by atoms with Gasteiger partial charge in [0.1, 0.15) is 23.9 Å². The number of fused-ring (bicyclic) bond motifs is 6. The molecule has 8 nitrogen and oxygen atoms in total. The Morgan fingerprint density at radius 3 is 2.77 bits per heavy atom. The second-order valence-electron chi connectivity index (χ2n) is 12.9. The second-order valence-corrected chi connectivity index (χ2v) is 13.9. The number of aromatic hydroxyl groups is 1. The van der Waals surface area contributed by atoms with E-state index in [1.807, 2.05) is 43.5 Å². The first-order chi connectivity index (χ1) is 22.9. The maximum Gasteiger partial charge on any atom is 0.248 e. The van der Waals surface area contributed by atoms with Crippen molar-refractivity contribution in [2.75, 3.05) is 13.7 Å². The quantitative estimate of drug-likeness (QED) is 0.162. The summed E-state index contributed by atoms with van der Waals surface area (Å²) in [4.78, 5) is 20.8. The van der Waals surface area contributed by atoms with E-state index in [0.717, 1.165) is 73.8 Å². The number of nitrogens with two attached hydrogens (primary N) is 1. The number of amides is 1. The van der Waals surface area contributed by atoms with E-state index in [2.05, 4.69) is 27.1 Å². The summed E-state index contributed by atoms with van der Waals surface area (Å²) in [6.07, 6.45) is 8.59. The first-order valence-electron chi connectivity index (χ1n) is 16.4. The zero-order chi connectivity index (χ0) is 32.2. The molecule has 3 aromatic heterocycles. The number of carbonyl (C=O) groups excluding carboxylic acids is 1. The van der Waals surface area contributed by atoms with Crippen molar-refractivity contribution in [2.24, 2.45) is 5.73 Å². The molecular weight excluding hydrogens is 609 g/mol. The number of carbonyl (C=O) groups is 1. The van der Waals surface area contributed by atoms with E-state index in [1.165, 1.54) is 30.2 Å². The average molecular weight is 647 g/mol. The summed E-state index contributed by atoms with van der Waals surface area (Å²) in [6.45, 7) is 3.16.